The lowest BCUT2D eigenvalue weighted by Crippen LogP contribution is -2.48. The highest BCUT2D eigenvalue weighted by molar-refractivity contribution is 5.81. The first-order valence-corrected chi connectivity index (χ1v) is 10.5. The van der Waals surface area contributed by atoms with Crippen LogP contribution in [0, 0.1) is 12.8 Å². The van der Waals surface area contributed by atoms with Crippen LogP contribution in [-0.2, 0) is 4.79 Å². The summed E-state index contributed by atoms with van der Waals surface area (Å²) in [6.45, 7) is 4.76. The molecule has 0 bridgehead atoms. The normalized spacial score (nSPS) is 23.6. The zero-order valence-corrected chi connectivity index (χ0v) is 17.3. The predicted octanol–water partition coefficient (Wildman–Crippen LogP) is 2.76. The minimum atomic E-state index is 0.0167. The van der Waals surface area contributed by atoms with Gasteiger partial charge in [0.25, 0.3) is 0 Å². The average molecular weight is 387 g/mol. The number of aliphatic imine (C=N–C) groups is 1. The maximum atomic E-state index is 12.4. The third kappa shape index (κ3) is 6.14. The highest BCUT2D eigenvalue weighted by Crippen LogP contribution is 2.26. The number of para-hydroxylation sites is 1. The molecule has 2 aliphatic carbocycles. The largest absolute Gasteiger partial charge is 0.489 e. The summed E-state index contributed by atoms with van der Waals surface area (Å²) in [6.07, 6.45) is 6.30. The summed E-state index contributed by atoms with van der Waals surface area (Å²) < 4.78 is 6.02. The molecule has 1 aromatic rings. The molecule has 0 heterocycles. The van der Waals surface area contributed by atoms with E-state index in [2.05, 4.69) is 33.9 Å². The third-order valence-corrected chi connectivity index (χ3v) is 5.51. The quantitative estimate of drug-likeness (QED) is 0.498. The van der Waals surface area contributed by atoms with E-state index in [1.807, 2.05) is 25.1 Å². The van der Waals surface area contributed by atoms with Crippen LogP contribution in [0.15, 0.2) is 29.3 Å². The van der Waals surface area contributed by atoms with Crippen molar-refractivity contribution in [2.24, 2.45) is 10.9 Å². The number of amides is 1. The van der Waals surface area contributed by atoms with Gasteiger partial charge in [0.05, 0.1) is 6.54 Å². The first kappa shape index (κ1) is 20.5. The van der Waals surface area contributed by atoms with Crippen LogP contribution in [0.4, 0.5) is 0 Å². The number of ether oxygens (including phenoxy) is 1. The first-order valence-electron chi connectivity index (χ1n) is 10.5. The second kappa shape index (κ2) is 9.80. The van der Waals surface area contributed by atoms with Crippen molar-refractivity contribution >= 4 is 11.9 Å². The van der Waals surface area contributed by atoms with Gasteiger partial charge in [-0.3, -0.25) is 9.79 Å². The standard InChI is InChI=1S/C22H34N4O2/c1-15-7-4-5-10-20(15)28-16(2)14-24-22(23-3)26-19-9-6-8-17(13-19)21(27)25-18-11-12-18/h4-5,7,10,16-19H,6,8-9,11-14H2,1-3H3,(H,25,27)(H2,23,24,26). The van der Waals surface area contributed by atoms with Gasteiger partial charge in [0.2, 0.25) is 5.91 Å². The monoisotopic (exact) mass is 386 g/mol. The number of carbonyl (C=O) groups excluding carboxylic acids is 1. The fourth-order valence-electron chi connectivity index (χ4n) is 3.68. The summed E-state index contributed by atoms with van der Waals surface area (Å²) in [5.74, 6) is 2.04. The number of nitrogens with one attached hydrogen (secondary N) is 3. The topological polar surface area (TPSA) is 74.8 Å². The third-order valence-electron chi connectivity index (χ3n) is 5.51. The molecule has 154 valence electrons. The van der Waals surface area contributed by atoms with Crippen LogP contribution < -0.4 is 20.7 Å². The fraction of sp³-hybridized carbons (Fsp3) is 0.636. The van der Waals surface area contributed by atoms with Crippen LogP contribution in [0.25, 0.3) is 0 Å². The van der Waals surface area contributed by atoms with Crippen molar-refractivity contribution in [1.82, 2.24) is 16.0 Å². The van der Waals surface area contributed by atoms with Gasteiger partial charge >= 0.3 is 0 Å². The van der Waals surface area contributed by atoms with Crippen LogP contribution >= 0.6 is 0 Å². The number of benzene rings is 1. The lowest BCUT2D eigenvalue weighted by molar-refractivity contribution is -0.126. The van der Waals surface area contributed by atoms with E-state index in [9.17, 15) is 4.79 Å². The van der Waals surface area contributed by atoms with Crippen LogP contribution in [0.3, 0.4) is 0 Å². The van der Waals surface area contributed by atoms with E-state index in [-0.39, 0.29) is 24.0 Å². The Morgan fingerprint density at radius 1 is 1.18 bits per heavy atom. The summed E-state index contributed by atoms with van der Waals surface area (Å²) >= 11 is 0. The summed E-state index contributed by atoms with van der Waals surface area (Å²) in [5.41, 5.74) is 1.13. The molecule has 2 saturated carbocycles. The molecule has 2 fully saturated rings. The number of guanidine groups is 1. The van der Waals surface area contributed by atoms with Gasteiger partial charge in [0.15, 0.2) is 5.96 Å². The Labute approximate surface area is 168 Å². The SMILES string of the molecule is CN=C(NCC(C)Oc1ccccc1C)NC1CCCC(C(=O)NC2CC2)C1. The van der Waals surface area contributed by atoms with Crippen molar-refractivity contribution in [2.45, 2.75) is 70.6 Å². The van der Waals surface area contributed by atoms with Gasteiger partial charge in [0, 0.05) is 25.0 Å². The van der Waals surface area contributed by atoms with Crippen LogP contribution in [0.5, 0.6) is 5.75 Å². The molecule has 1 aromatic carbocycles. The molecule has 0 spiro atoms. The predicted molar refractivity (Wildman–Crippen MR) is 113 cm³/mol. The molecule has 0 aromatic heterocycles. The molecule has 6 heteroatoms. The molecule has 0 aliphatic heterocycles. The van der Waals surface area contributed by atoms with E-state index < -0.39 is 0 Å². The van der Waals surface area contributed by atoms with Crippen molar-refractivity contribution in [3.8, 4) is 5.75 Å². The number of nitrogens with zero attached hydrogens (tertiary/aromatic N) is 1. The average Bonchev–Trinajstić information content (AvgIpc) is 3.51. The Bertz CT molecular complexity index is 687. The van der Waals surface area contributed by atoms with Gasteiger partial charge < -0.3 is 20.7 Å². The van der Waals surface area contributed by atoms with Crippen LogP contribution in [0.2, 0.25) is 0 Å². The highest BCUT2D eigenvalue weighted by Gasteiger charge is 2.31. The first-order chi connectivity index (χ1) is 13.5. The highest BCUT2D eigenvalue weighted by atomic mass is 16.5. The molecule has 28 heavy (non-hydrogen) atoms. The van der Waals surface area contributed by atoms with E-state index >= 15 is 0 Å². The molecule has 0 radical (unpaired) electrons. The second-order valence-electron chi connectivity index (χ2n) is 8.13. The van der Waals surface area contributed by atoms with E-state index in [4.69, 9.17) is 4.74 Å². The molecule has 3 N–H and O–H groups in total. The van der Waals surface area contributed by atoms with E-state index in [1.165, 1.54) is 0 Å². The zero-order valence-electron chi connectivity index (χ0n) is 17.3. The van der Waals surface area contributed by atoms with Crippen molar-refractivity contribution in [3.63, 3.8) is 0 Å². The molecule has 2 aliphatic rings. The Morgan fingerprint density at radius 2 is 1.96 bits per heavy atom. The molecule has 3 atom stereocenters. The Hall–Kier alpha value is -2.24. The Kier molecular flexibility index (Phi) is 7.18. The number of rotatable bonds is 7. The minimum absolute atomic E-state index is 0.0167. The van der Waals surface area contributed by atoms with Gasteiger partial charge in [-0.15, -0.1) is 0 Å². The lowest BCUT2D eigenvalue weighted by atomic mass is 9.85. The molecule has 6 nitrogen and oxygen atoms in total. The van der Waals surface area contributed by atoms with Crippen molar-refractivity contribution < 1.29 is 9.53 Å². The van der Waals surface area contributed by atoms with Gasteiger partial charge in [-0.25, -0.2) is 0 Å². The smallest absolute Gasteiger partial charge is 0.223 e. The van der Waals surface area contributed by atoms with Crippen molar-refractivity contribution in [1.29, 1.82) is 0 Å². The van der Waals surface area contributed by atoms with Crippen LogP contribution in [-0.4, -0.2) is 43.6 Å². The van der Waals surface area contributed by atoms with Crippen LogP contribution in [0.1, 0.15) is 51.0 Å². The summed E-state index contributed by atoms with van der Waals surface area (Å²) in [4.78, 5) is 16.7. The molecule has 0 saturated heterocycles. The van der Waals surface area contributed by atoms with E-state index in [0.717, 1.165) is 55.8 Å². The summed E-state index contributed by atoms with van der Waals surface area (Å²) in [6, 6.07) is 8.76. The fourth-order valence-corrected chi connectivity index (χ4v) is 3.68. The van der Waals surface area contributed by atoms with Crippen molar-refractivity contribution in [2.75, 3.05) is 13.6 Å². The number of aryl methyl sites for hydroxylation is 1. The molecule has 1 amide bonds. The van der Waals surface area contributed by atoms with Gasteiger partial charge in [0.1, 0.15) is 11.9 Å². The number of hydrogen-bond donors (Lipinski definition) is 3. The van der Waals surface area contributed by atoms with Crippen molar-refractivity contribution in [3.05, 3.63) is 29.8 Å². The van der Waals surface area contributed by atoms with Gasteiger partial charge in [-0.1, -0.05) is 24.6 Å². The Balaban J connectivity index is 1.43. The molecular formula is C22H34N4O2. The minimum Gasteiger partial charge on any atom is -0.489 e. The van der Waals surface area contributed by atoms with Gasteiger partial charge in [-0.05, 0) is 57.6 Å². The summed E-state index contributed by atoms with van der Waals surface area (Å²) in [7, 11) is 1.78. The lowest BCUT2D eigenvalue weighted by Gasteiger charge is -2.30. The van der Waals surface area contributed by atoms with Gasteiger partial charge in [-0.2, -0.15) is 0 Å². The van der Waals surface area contributed by atoms with E-state index in [1.54, 1.807) is 7.05 Å². The maximum Gasteiger partial charge on any atom is 0.223 e. The molecule has 3 rings (SSSR count). The molecule has 3 unspecified atom stereocenters. The Morgan fingerprint density at radius 3 is 2.68 bits per heavy atom. The number of hydrogen-bond acceptors (Lipinski definition) is 3. The molecular weight excluding hydrogens is 352 g/mol. The second-order valence-corrected chi connectivity index (χ2v) is 8.13. The zero-order chi connectivity index (χ0) is 19.9. The van der Waals surface area contributed by atoms with E-state index in [0.29, 0.717) is 12.6 Å². The summed E-state index contributed by atoms with van der Waals surface area (Å²) in [5, 5.41) is 10.00. The maximum absolute atomic E-state index is 12.4. The number of carbonyl (C=O) groups is 1.